The minimum absolute atomic E-state index is 0.0622. The molecule has 140 valence electrons. The molecular formula is C18H24FN5O2. The molecule has 0 spiro atoms. The Kier molecular flexibility index (Phi) is 5.26. The molecule has 0 saturated carbocycles. The predicted octanol–water partition coefficient (Wildman–Crippen LogP) is 1.21. The average molecular weight is 361 g/mol. The lowest BCUT2D eigenvalue weighted by atomic mass is 10.0. The monoisotopic (exact) mass is 361 g/mol. The van der Waals surface area contributed by atoms with Crippen molar-refractivity contribution < 1.29 is 13.7 Å². The second kappa shape index (κ2) is 7.79. The van der Waals surface area contributed by atoms with Crippen LogP contribution in [0, 0.1) is 5.82 Å². The molecule has 0 amide bonds. The smallest absolute Gasteiger partial charge is 0.248 e. The van der Waals surface area contributed by atoms with Crippen molar-refractivity contribution in [1.82, 2.24) is 25.3 Å². The summed E-state index contributed by atoms with van der Waals surface area (Å²) in [5.41, 5.74) is 0.555. The summed E-state index contributed by atoms with van der Waals surface area (Å²) in [7, 11) is 2.05. The van der Waals surface area contributed by atoms with Crippen molar-refractivity contribution in [3.63, 3.8) is 0 Å². The number of aromatic nitrogens is 2. The van der Waals surface area contributed by atoms with Crippen LogP contribution in [-0.2, 0) is 4.74 Å². The van der Waals surface area contributed by atoms with Crippen LogP contribution in [-0.4, -0.2) is 72.9 Å². The molecule has 2 saturated heterocycles. The maximum absolute atomic E-state index is 14.5. The number of likely N-dealkylation sites (N-methyl/N-ethyl adjacent to an activating group) is 1. The topological polar surface area (TPSA) is 66.7 Å². The highest BCUT2D eigenvalue weighted by atomic mass is 19.1. The number of rotatable bonds is 4. The zero-order chi connectivity index (χ0) is 17.9. The number of halogens is 1. The van der Waals surface area contributed by atoms with Crippen molar-refractivity contribution in [3.8, 4) is 0 Å². The molecule has 1 aromatic heterocycles. The fraction of sp³-hybridized carbons (Fsp3) is 0.556. The lowest BCUT2D eigenvalue weighted by molar-refractivity contribution is 0.0174. The van der Waals surface area contributed by atoms with Gasteiger partial charge in [-0.25, -0.2) is 4.39 Å². The Labute approximate surface area is 152 Å². The minimum Gasteiger partial charge on any atom is -0.379 e. The molecule has 2 aliphatic heterocycles. The Bertz CT molecular complexity index is 734. The van der Waals surface area contributed by atoms with E-state index >= 15 is 0 Å². The molecule has 2 fully saturated rings. The van der Waals surface area contributed by atoms with Gasteiger partial charge in [0.2, 0.25) is 5.89 Å². The number of morpholine rings is 1. The number of piperazine rings is 1. The quantitative estimate of drug-likeness (QED) is 0.878. The van der Waals surface area contributed by atoms with Gasteiger partial charge in [0.25, 0.3) is 0 Å². The second-order valence-electron chi connectivity index (χ2n) is 6.76. The molecule has 0 radical (unpaired) electrons. The van der Waals surface area contributed by atoms with E-state index in [4.69, 9.17) is 9.26 Å². The fourth-order valence-corrected chi connectivity index (χ4v) is 3.61. The Morgan fingerprint density at radius 3 is 2.81 bits per heavy atom. The van der Waals surface area contributed by atoms with E-state index in [-0.39, 0.29) is 11.9 Å². The SMILES string of the molecule is CN1CCNCC1c1noc(C(c2ccccc2F)N2CCOCC2)n1. The van der Waals surface area contributed by atoms with Crippen molar-refractivity contribution >= 4 is 0 Å². The van der Waals surface area contributed by atoms with E-state index in [1.54, 1.807) is 12.1 Å². The Balaban J connectivity index is 1.67. The molecule has 7 nitrogen and oxygen atoms in total. The van der Waals surface area contributed by atoms with Crippen LogP contribution in [0.15, 0.2) is 28.8 Å². The first kappa shape index (κ1) is 17.5. The standard InChI is InChI=1S/C18H24FN5O2/c1-23-7-6-20-12-15(23)17-21-18(26-22-17)16(24-8-10-25-11-9-24)13-4-2-3-5-14(13)19/h2-5,15-16,20H,6-12H2,1H3. The first-order chi connectivity index (χ1) is 12.7. The highest BCUT2D eigenvalue weighted by molar-refractivity contribution is 5.26. The fourth-order valence-electron chi connectivity index (χ4n) is 3.61. The molecule has 2 aromatic rings. The summed E-state index contributed by atoms with van der Waals surface area (Å²) in [5.74, 6) is 0.815. The highest BCUT2D eigenvalue weighted by Crippen LogP contribution is 2.31. The molecule has 4 rings (SSSR count). The molecule has 8 heteroatoms. The summed E-state index contributed by atoms with van der Waals surface area (Å²) >= 11 is 0. The van der Waals surface area contributed by atoms with E-state index in [1.807, 2.05) is 6.07 Å². The van der Waals surface area contributed by atoms with Gasteiger partial charge in [-0.05, 0) is 13.1 Å². The van der Waals surface area contributed by atoms with Gasteiger partial charge in [0, 0.05) is 38.3 Å². The normalized spacial score (nSPS) is 23.8. The van der Waals surface area contributed by atoms with Crippen LogP contribution in [0.5, 0.6) is 0 Å². The summed E-state index contributed by atoms with van der Waals surface area (Å²) in [5, 5.41) is 7.57. The van der Waals surface area contributed by atoms with Gasteiger partial charge in [-0.1, -0.05) is 23.4 Å². The van der Waals surface area contributed by atoms with Crippen molar-refractivity contribution in [2.24, 2.45) is 0 Å². The van der Waals surface area contributed by atoms with Gasteiger partial charge in [-0.3, -0.25) is 9.80 Å². The lowest BCUT2D eigenvalue weighted by Gasteiger charge is -2.32. The highest BCUT2D eigenvalue weighted by Gasteiger charge is 2.33. The average Bonchev–Trinajstić information content (AvgIpc) is 3.14. The first-order valence-corrected chi connectivity index (χ1v) is 9.04. The van der Waals surface area contributed by atoms with Gasteiger partial charge < -0.3 is 14.6 Å². The zero-order valence-corrected chi connectivity index (χ0v) is 14.9. The van der Waals surface area contributed by atoms with Crippen molar-refractivity contribution in [2.45, 2.75) is 12.1 Å². The maximum atomic E-state index is 14.5. The van der Waals surface area contributed by atoms with E-state index in [2.05, 4.69) is 32.3 Å². The third-order valence-electron chi connectivity index (χ3n) is 5.11. The zero-order valence-electron chi connectivity index (χ0n) is 14.9. The molecule has 26 heavy (non-hydrogen) atoms. The number of nitrogens with one attached hydrogen (secondary N) is 1. The number of benzene rings is 1. The van der Waals surface area contributed by atoms with E-state index in [0.29, 0.717) is 43.6 Å². The molecule has 1 N–H and O–H groups in total. The van der Waals surface area contributed by atoms with Crippen LogP contribution in [0.4, 0.5) is 4.39 Å². The molecule has 0 aliphatic carbocycles. The van der Waals surface area contributed by atoms with E-state index in [1.165, 1.54) is 6.07 Å². The predicted molar refractivity (Wildman–Crippen MR) is 93.2 cm³/mol. The second-order valence-corrected chi connectivity index (χ2v) is 6.76. The van der Waals surface area contributed by atoms with Crippen molar-refractivity contribution in [3.05, 3.63) is 47.4 Å². The largest absolute Gasteiger partial charge is 0.379 e. The van der Waals surface area contributed by atoms with Crippen LogP contribution in [0.3, 0.4) is 0 Å². The molecule has 2 aliphatic rings. The Morgan fingerprint density at radius 1 is 1.23 bits per heavy atom. The van der Waals surface area contributed by atoms with E-state index in [9.17, 15) is 4.39 Å². The van der Waals surface area contributed by atoms with Gasteiger partial charge >= 0.3 is 0 Å². The molecule has 1 aromatic carbocycles. The maximum Gasteiger partial charge on any atom is 0.248 e. The first-order valence-electron chi connectivity index (χ1n) is 9.04. The van der Waals surface area contributed by atoms with Crippen molar-refractivity contribution in [1.29, 1.82) is 0 Å². The van der Waals surface area contributed by atoms with Gasteiger partial charge in [0.05, 0.1) is 19.3 Å². The van der Waals surface area contributed by atoms with Crippen molar-refractivity contribution in [2.75, 3.05) is 53.0 Å². The lowest BCUT2D eigenvalue weighted by Crippen LogP contribution is -2.44. The van der Waals surface area contributed by atoms with Crippen LogP contribution >= 0.6 is 0 Å². The minimum atomic E-state index is -0.400. The van der Waals surface area contributed by atoms with Crippen LogP contribution < -0.4 is 5.32 Å². The molecule has 2 unspecified atom stereocenters. The third kappa shape index (κ3) is 3.50. The summed E-state index contributed by atoms with van der Waals surface area (Å²) in [6, 6.07) is 6.45. The number of ether oxygens (including phenoxy) is 1. The number of hydrogen-bond acceptors (Lipinski definition) is 7. The summed E-state index contributed by atoms with van der Waals surface area (Å²) in [6.45, 7) is 5.27. The summed E-state index contributed by atoms with van der Waals surface area (Å²) in [6.07, 6.45) is 0. The third-order valence-corrected chi connectivity index (χ3v) is 5.11. The van der Waals surface area contributed by atoms with Gasteiger partial charge in [0.1, 0.15) is 11.9 Å². The van der Waals surface area contributed by atoms with Crippen LogP contribution in [0.2, 0.25) is 0 Å². The van der Waals surface area contributed by atoms with Crippen LogP contribution in [0.1, 0.15) is 29.4 Å². The molecular weight excluding hydrogens is 337 g/mol. The number of nitrogens with zero attached hydrogens (tertiary/aromatic N) is 4. The number of hydrogen-bond donors (Lipinski definition) is 1. The van der Waals surface area contributed by atoms with Crippen LogP contribution in [0.25, 0.3) is 0 Å². The van der Waals surface area contributed by atoms with Gasteiger partial charge in [-0.15, -0.1) is 0 Å². The summed E-state index contributed by atoms with van der Waals surface area (Å²) < 4.78 is 25.6. The van der Waals surface area contributed by atoms with Gasteiger partial charge in [-0.2, -0.15) is 4.98 Å². The van der Waals surface area contributed by atoms with Gasteiger partial charge in [0.15, 0.2) is 5.82 Å². The molecule has 0 bridgehead atoms. The Hall–Kier alpha value is -1.87. The van der Waals surface area contributed by atoms with E-state index < -0.39 is 6.04 Å². The van der Waals surface area contributed by atoms with E-state index in [0.717, 1.165) is 19.6 Å². The summed E-state index contributed by atoms with van der Waals surface area (Å²) in [4.78, 5) is 9.02. The Morgan fingerprint density at radius 2 is 2.04 bits per heavy atom. The molecule has 2 atom stereocenters. The molecule has 3 heterocycles.